The number of nitrogens with zero attached hydrogens (tertiary/aromatic N) is 1. The van der Waals surface area contributed by atoms with E-state index in [9.17, 15) is 9.59 Å². The fourth-order valence-electron chi connectivity index (χ4n) is 2.09. The summed E-state index contributed by atoms with van der Waals surface area (Å²) in [5.74, 6) is 0.587. The van der Waals surface area contributed by atoms with Crippen molar-refractivity contribution in [3.8, 4) is 0 Å². The van der Waals surface area contributed by atoms with E-state index in [4.69, 9.17) is 0 Å². The van der Waals surface area contributed by atoms with Crippen molar-refractivity contribution in [2.75, 3.05) is 13.1 Å². The highest BCUT2D eigenvalue weighted by molar-refractivity contribution is 5.89. The Kier molecular flexibility index (Phi) is 4.33. The van der Waals surface area contributed by atoms with E-state index in [0.29, 0.717) is 25.4 Å². The second-order valence-electron chi connectivity index (χ2n) is 5.16. The lowest BCUT2D eigenvalue weighted by Gasteiger charge is -2.37. The fourth-order valence-corrected chi connectivity index (χ4v) is 2.09. The minimum Gasteiger partial charge on any atom is -0.353 e. The summed E-state index contributed by atoms with van der Waals surface area (Å²) in [4.78, 5) is 25.5. The molecule has 1 unspecified atom stereocenters. The number of nitrogens with one attached hydrogen (secondary N) is 1. The van der Waals surface area contributed by atoms with Crippen molar-refractivity contribution < 1.29 is 9.59 Å². The van der Waals surface area contributed by atoms with Crippen LogP contribution in [0.1, 0.15) is 34.1 Å². The zero-order valence-electron chi connectivity index (χ0n) is 10.6. The Balaban J connectivity index is 2.75. The third-order valence-corrected chi connectivity index (χ3v) is 2.79. The number of rotatable bonds is 3. The maximum absolute atomic E-state index is 12.0. The van der Waals surface area contributed by atoms with E-state index in [1.54, 1.807) is 4.90 Å². The van der Waals surface area contributed by atoms with Crippen LogP contribution in [-0.4, -0.2) is 35.8 Å². The van der Waals surface area contributed by atoms with Crippen molar-refractivity contribution in [1.82, 2.24) is 10.2 Å². The summed E-state index contributed by atoms with van der Waals surface area (Å²) >= 11 is 0. The van der Waals surface area contributed by atoms with Gasteiger partial charge in [-0.2, -0.15) is 0 Å². The second kappa shape index (κ2) is 5.32. The van der Waals surface area contributed by atoms with Gasteiger partial charge in [-0.3, -0.25) is 9.59 Å². The number of carbonyl (C=O) groups is 2. The Morgan fingerprint density at radius 3 is 2.56 bits per heavy atom. The molecule has 92 valence electrons. The summed E-state index contributed by atoms with van der Waals surface area (Å²) in [7, 11) is 0. The molecule has 0 aromatic heterocycles. The van der Waals surface area contributed by atoms with E-state index >= 15 is 0 Å². The zero-order chi connectivity index (χ0) is 12.3. The lowest BCUT2D eigenvalue weighted by Crippen LogP contribution is -2.59. The smallest absolute Gasteiger partial charge is 0.243 e. The lowest BCUT2D eigenvalue weighted by molar-refractivity contribution is -0.145. The molecule has 16 heavy (non-hydrogen) atoms. The van der Waals surface area contributed by atoms with Crippen molar-refractivity contribution in [3.63, 3.8) is 0 Å². The van der Waals surface area contributed by atoms with Crippen LogP contribution >= 0.6 is 0 Å². The molecule has 4 nitrogen and oxygen atoms in total. The first kappa shape index (κ1) is 13.0. The molecule has 0 aliphatic carbocycles. The molecule has 4 heteroatoms. The lowest BCUT2D eigenvalue weighted by atomic mass is 9.98. The molecule has 1 fully saturated rings. The zero-order valence-corrected chi connectivity index (χ0v) is 10.6. The van der Waals surface area contributed by atoms with Crippen molar-refractivity contribution >= 4 is 11.8 Å². The third-order valence-electron chi connectivity index (χ3n) is 2.79. The van der Waals surface area contributed by atoms with Gasteiger partial charge in [0.15, 0.2) is 0 Å². The molecule has 0 bridgehead atoms. The quantitative estimate of drug-likeness (QED) is 0.781. The van der Waals surface area contributed by atoms with Gasteiger partial charge in [0.25, 0.3) is 0 Å². The SMILES string of the molecule is CC(C)CC(=O)N1CCNC(=O)C1C(C)C. The van der Waals surface area contributed by atoms with Gasteiger partial charge in [0, 0.05) is 19.5 Å². The van der Waals surface area contributed by atoms with Gasteiger partial charge in [0.1, 0.15) is 6.04 Å². The van der Waals surface area contributed by atoms with Crippen LogP contribution in [0.15, 0.2) is 0 Å². The van der Waals surface area contributed by atoms with Crippen molar-refractivity contribution in [2.24, 2.45) is 11.8 Å². The van der Waals surface area contributed by atoms with Crippen molar-refractivity contribution in [3.05, 3.63) is 0 Å². The Bertz CT molecular complexity index is 274. The molecule has 1 atom stereocenters. The van der Waals surface area contributed by atoms with Crippen molar-refractivity contribution in [2.45, 2.75) is 40.2 Å². The average Bonchev–Trinajstić information content (AvgIpc) is 2.15. The van der Waals surface area contributed by atoms with Crippen molar-refractivity contribution in [1.29, 1.82) is 0 Å². The molecule has 0 spiro atoms. The van der Waals surface area contributed by atoms with Gasteiger partial charge in [-0.1, -0.05) is 27.7 Å². The summed E-state index contributed by atoms with van der Waals surface area (Å²) in [5, 5.41) is 2.82. The summed E-state index contributed by atoms with van der Waals surface area (Å²) in [6, 6.07) is -0.292. The van der Waals surface area contributed by atoms with Gasteiger partial charge in [-0.25, -0.2) is 0 Å². The molecule has 1 rings (SSSR count). The minimum absolute atomic E-state index is 0.0154. The highest BCUT2D eigenvalue weighted by Crippen LogP contribution is 2.16. The molecule has 1 aliphatic rings. The van der Waals surface area contributed by atoms with Gasteiger partial charge in [-0.15, -0.1) is 0 Å². The van der Waals surface area contributed by atoms with Gasteiger partial charge in [0.2, 0.25) is 11.8 Å². The highest BCUT2D eigenvalue weighted by Gasteiger charge is 2.34. The molecule has 0 radical (unpaired) electrons. The summed E-state index contributed by atoms with van der Waals surface area (Å²) in [6.07, 6.45) is 0.524. The number of hydrogen-bond acceptors (Lipinski definition) is 2. The Morgan fingerprint density at radius 2 is 2.06 bits per heavy atom. The number of piperazine rings is 1. The van der Waals surface area contributed by atoms with Gasteiger partial charge in [-0.05, 0) is 11.8 Å². The fraction of sp³-hybridized carbons (Fsp3) is 0.833. The van der Waals surface area contributed by atoms with Crippen LogP contribution < -0.4 is 5.32 Å². The van der Waals surface area contributed by atoms with Crippen LogP contribution in [0.25, 0.3) is 0 Å². The summed E-state index contributed by atoms with van der Waals surface area (Å²) in [5.41, 5.74) is 0. The molecule has 2 amide bonds. The summed E-state index contributed by atoms with van der Waals surface area (Å²) < 4.78 is 0. The molecular weight excluding hydrogens is 204 g/mol. The largest absolute Gasteiger partial charge is 0.353 e. The molecule has 0 aromatic carbocycles. The molecule has 1 N–H and O–H groups in total. The average molecular weight is 226 g/mol. The second-order valence-corrected chi connectivity index (χ2v) is 5.16. The molecule has 1 aliphatic heterocycles. The van der Waals surface area contributed by atoms with Crippen LogP contribution in [0.2, 0.25) is 0 Å². The third kappa shape index (κ3) is 2.97. The number of carbonyl (C=O) groups excluding carboxylic acids is 2. The monoisotopic (exact) mass is 226 g/mol. The Labute approximate surface area is 97.4 Å². The molecule has 1 heterocycles. The Hall–Kier alpha value is -1.06. The van der Waals surface area contributed by atoms with E-state index in [1.165, 1.54) is 0 Å². The van der Waals surface area contributed by atoms with Crippen LogP contribution in [0.3, 0.4) is 0 Å². The van der Waals surface area contributed by atoms with Crippen LogP contribution in [0.5, 0.6) is 0 Å². The van der Waals surface area contributed by atoms with Gasteiger partial charge < -0.3 is 10.2 Å². The molecule has 1 saturated heterocycles. The van der Waals surface area contributed by atoms with E-state index < -0.39 is 0 Å². The minimum atomic E-state index is -0.292. The van der Waals surface area contributed by atoms with E-state index in [2.05, 4.69) is 5.32 Å². The Morgan fingerprint density at radius 1 is 1.44 bits per heavy atom. The first-order chi connectivity index (χ1) is 7.43. The highest BCUT2D eigenvalue weighted by atomic mass is 16.2. The van der Waals surface area contributed by atoms with Crippen LogP contribution in [0, 0.1) is 11.8 Å². The normalized spacial score (nSPS) is 21.5. The number of hydrogen-bond donors (Lipinski definition) is 1. The van der Waals surface area contributed by atoms with Crippen LogP contribution in [0.4, 0.5) is 0 Å². The predicted octanol–water partition coefficient (Wildman–Crippen LogP) is 1.02. The van der Waals surface area contributed by atoms with Gasteiger partial charge in [0.05, 0.1) is 0 Å². The predicted molar refractivity (Wildman–Crippen MR) is 62.8 cm³/mol. The maximum atomic E-state index is 12.0. The first-order valence-electron chi connectivity index (χ1n) is 6.00. The van der Waals surface area contributed by atoms with E-state index in [0.717, 1.165) is 0 Å². The molecule has 0 saturated carbocycles. The topological polar surface area (TPSA) is 49.4 Å². The first-order valence-corrected chi connectivity index (χ1v) is 6.00. The van der Waals surface area contributed by atoms with E-state index in [1.807, 2.05) is 27.7 Å². The molecular formula is C12H22N2O2. The molecule has 0 aromatic rings. The van der Waals surface area contributed by atoms with Gasteiger partial charge >= 0.3 is 0 Å². The number of amides is 2. The van der Waals surface area contributed by atoms with Crippen LogP contribution in [-0.2, 0) is 9.59 Å². The van der Waals surface area contributed by atoms with E-state index in [-0.39, 0.29) is 23.8 Å². The maximum Gasteiger partial charge on any atom is 0.243 e. The standard InChI is InChI=1S/C12H22N2O2/c1-8(2)7-10(15)14-6-5-13-12(16)11(14)9(3)4/h8-9,11H,5-7H2,1-4H3,(H,13,16). The summed E-state index contributed by atoms with van der Waals surface area (Å²) in [6.45, 7) is 9.21.